The Morgan fingerprint density at radius 1 is 1.19 bits per heavy atom. The van der Waals surface area contributed by atoms with E-state index in [1.54, 1.807) is 35.4 Å². The maximum atomic E-state index is 12.2. The van der Waals surface area contributed by atoms with Crippen molar-refractivity contribution in [2.45, 2.75) is 6.92 Å². The first-order valence-corrected chi connectivity index (χ1v) is 6.61. The summed E-state index contributed by atoms with van der Waals surface area (Å²) in [5, 5.41) is 4.29. The molecular weight excluding hydrogens is 264 g/mol. The molecule has 0 unspecified atom stereocenters. The quantitative estimate of drug-likeness (QED) is 0.540. The highest BCUT2D eigenvalue weighted by Gasteiger charge is 2.12. The molecule has 2 aromatic heterocycles. The van der Waals surface area contributed by atoms with E-state index in [2.05, 4.69) is 5.10 Å². The molecule has 1 aromatic carbocycles. The fourth-order valence-corrected chi connectivity index (χ4v) is 2.11. The van der Waals surface area contributed by atoms with Crippen LogP contribution in [-0.4, -0.2) is 15.6 Å². The lowest BCUT2D eigenvalue weighted by Crippen LogP contribution is -2.01. The number of allylic oxidation sites excluding steroid dienone is 1. The third-order valence-corrected chi connectivity index (χ3v) is 3.22. The SMILES string of the molecule is Cc1c(C(=O)/C=C/c2ccco2)cnn1-c1ccccc1. The van der Waals surface area contributed by atoms with E-state index >= 15 is 0 Å². The molecule has 4 heteroatoms. The van der Waals surface area contributed by atoms with E-state index in [4.69, 9.17) is 4.42 Å². The van der Waals surface area contributed by atoms with Gasteiger partial charge in [0.15, 0.2) is 5.78 Å². The number of benzene rings is 1. The van der Waals surface area contributed by atoms with Gasteiger partial charge in [-0.05, 0) is 43.3 Å². The fraction of sp³-hybridized carbons (Fsp3) is 0.0588. The molecule has 0 amide bonds. The van der Waals surface area contributed by atoms with E-state index in [0.717, 1.165) is 11.4 Å². The summed E-state index contributed by atoms with van der Waals surface area (Å²) >= 11 is 0. The Labute approximate surface area is 122 Å². The van der Waals surface area contributed by atoms with E-state index in [9.17, 15) is 4.79 Å². The van der Waals surface area contributed by atoms with Gasteiger partial charge in [-0.3, -0.25) is 4.79 Å². The van der Waals surface area contributed by atoms with Gasteiger partial charge in [0, 0.05) is 0 Å². The molecule has 0 spiro atoms. The first-order chi connectivity index (χ1) is 10.3. The maximum absolute atomic E-state index is 12.2. The van der Waals surface area contributed by atoms with E-state index in [0.29, 0.717) is 11.3 Å². The number of hydrogen-bond acceptors (Lipinski definition) is 3. The van der Waals surface area contributed by atoms with Gasteiger partial charge >= 0.3 is 0 Å². The third kappa shape index (κ3) is 2.69. The predicted molar refractivity (Wildman–Crippen MR) is 80.4 cm³/mol. The van der Waals surface area contributed by atoms with Gasteiger partial charge < -0.3 is 4.42 Å². The van der Waals surface area contributed by atoms with Crippen LogP contribution in [0, 0.1) is 6.92 Å². The number of furan rings is 1. The second kappa shape index (κ2) is 5.63. The zero-order chi connectivity index (χ0) is 14.7. The number of para-hydroxylation sites is 1. The Kier molecular flexibility index (Phi) is 3.51. The largest absolute Gasteiger partial charge is 0.465 e. The highest BCUT2D eigenvalue weighted by Crippen LogP contribution is 2.15. The molecule has 4 nitrogen and oxygen atoms in total. The highest BCUT2D eigenvalue weighted by atomic mass is 16.3. The number of rotatable bonds is 4. The third-order valence-electron chi connectivity index (χ3n) is 3.22. The van der Waals surface area contributed by atoms with Crippen molar-refractivity contribution in [1.29, 1.82) is 0 Å². The minimum absolute atomic E-state index is 0.0916. The standard InChI is InChI=1S/C17H14N2O2/c1-13-16(17(20)10-9-15-8-5-11-21-15)12-18-19(13)14-6-3-2-4-7-14/h2-12H,1H3/b10-9+. The van der Waals surface area contributed by atoms with Crippen LogP contribution in [0.2, 0.25) is 0 Å². The van der Waals surface area contributed by atoms with Crippen molar-refractivity contribution >= 4 is 11.9 Å². The van der Waals surface area contributed by atoms with Crippen LogP contribution in [0.5, 0.6) is 0 Å². The fourth-order valence-electron chi connectivity index (χ4n) is 2.11. The second-order valence-corrected chi connectivity index (χ2v) is 4.60. The van der Waals surface area contributed by atoms with E-state index < -0.39 is 0 Å². The molecule has 0 bridgehead atoms. The van der Waals surface area contributed by atoms with Crippen LogP contribution in [-0.2, 0) is 0 Å². The number of nitrogens with zero attached hydrogens (tertiary/aromatic N) is 2. The van der Waals surface area contributed by atoms with Crippen LogP contribution >= 0.6 is 0 Å². The predicted octanol–water partition coefficient (Wildman–Crippen LogP) is 3.67. The van der Waals surface area contributed by atoms with Gasteiger partial charge in [-0.25, -0.2) is 4.68 Å². The van der Waals surface area contributed by atoms with Crippen LogP contribution in [0.1, 0.15) is 21.8 Å². The van der Waals surface area contributed by atoms with Gasteiger partial charge in [0.05, 0.1) is 29.4 Å². The van der Waals surface area contributed by atoms with Gasteiger partial charge in [-0.2, -0.15) is 5.10 Å². The average Bonchev–Trinajstić information content (AvgIpc) is 3.15. The Balaban J connectivity index is 1.87. The van der Waals surface area contributed by atoms with Crippen molar-refractivity contribution in [2.75, 3.05) is 0 Å². The molecule has 0 N–H and O–H groups in total. The van der Waals surface area contributed by atoms with Crippen LogP contribution in [0.25, 0.3) is 11.8 Å². The molecule has 104 valence electrons. The molecule has 3 rings (SSSR count). The van der Waals surface area contributed by atoms with E-state index in [1.165, 1.54) is 6.08 Å². The summed E-state index contributed by atoms with van der Waals surface area (Å²) < 4.78 is 6.92. The molecular formula is C17H14N2O2. The Hall–Kier alpha value is -2.88. The minimum atomic E-state index is -0.0916. The topological polar surface area (TPSA) is 48.0 Å². The lowest BCUT2D eigenvalue weighted by Gasteiger charge is -2.03. The van der Waals surface area contributed by atoms with Crippen molar-refractivity contribution in [2.24, 2.45) is 0 Å². The maximum Gasteiger partial charge on any atom is 0.189 e. The molecule has 3 aromatic rings. The zero-order valence-electron chi connectivity index (χ0n) is 11.6. The molecule has 0 radical (unpaired) electrons. The summed E-state index contributed by atoms with van der Waals surface area (Å²) in [5.74, 6) is 0.558. The molecule has 0 atom stereocenters. The van der Waals surface area contributed by atoms with Crippen LogP contribution < -0.4 is 0 Å². The molecule has 0 aliphatic rings. The number of aromatic nitrogens is 2. The second-order valence-electron chi connectivity index (χ2n) is 4.60. The summed E-state index contributed by atoms with van der Waals surface area (Å²) in [5.41, 5.74) is 2.33. The monoisotopic (exact) mass is 278 g/mol. The lowest BCUT2D eigenvalue weighted by molar-refractivity contribution is 0.104. The van der Waals surface area contributed by atoms with Gasteiger partial charge in [-0.1, -0.05) is 18.2 Å². The number of carbonyl (C=O) groups is 1. The summed E-state index contributed by atoms with van der Waals surface area (Å²) in [6.45, 7) is 1.88. The summed E-state index contributed by atoms with van der Waals surface area (Å²) in [4.78, 5) is 12.2. The zero-order valence-corrected chi connectivity index (χ0v) is 11.6. The van der Waals surface area contributed by atoms with Crippen LogP contribution in [0.3, 0.4) is 0 Å². The number of ketones is 1. The van der Waals surface area contributed by atoms with Crippen LogP contribution in [0.15, 0.2) is 65.4 Å². The molecule has 0 saturated heterocycles. The summed E-state index contributed by atoms with van der Waals surface area (Å²) in [7, 11) is 0. The van der Waals surface area contributed by atoms with Gasteiger partial charge in [0.1, 0.15) is 5.76 Å². The molecule has 0 saturated carbocycles. The Morgan fingerprint density at radius 2 is 2.00 bits per heavy atom. The van der Waals surface area contributed by atoms with Crippen molar-refractivity contribution in [1.82, 2.24) is 9.78 Å². The Morgan fingerprint density at radius 3 is 2.71 bits per heavy atom. The van der Waals surface area contributed by atoms with Gasteiger partial charge in [-0.15, -0.1) is 0 Å². The van der Waals surface area contributed by atoms with Crippen molar-refractivity contribution in [3.8, 4) is 5.69 Å². The molecule has 2 heterocycles. The van der Waals surface area contributed by atoms with Gasteiger partial charge in [0.25, 0.3) is 0 Å². The summed E-state index contributed by atoms with van der Waals surface area (Å²) in [6.07, 6.45) is 6.32. The number of carbonyl (C=O) groups excluding carboxylic acids is 1. The van der Waals surface area contributed by atoms with E-state index in [1.807, 2.05) is 37.3 Å². The molecule has 0 aliphatic heterocycles. The van der Waals surface area contributed by atoms with Crippen LogP contribution in [0.4, 0.5) is 0 Å². The number of hydrogen-bond donors (Lipinski definition) is 0. The average molecular weight is 278 g/mol. The normalized spacial score (nSPS) is 11.1. The first-order valence-electron chi connectivity index (χ1n) is 6.61. The minimum Gasteiger partial charge on any atom is -0.465 e. The van der Waals surface area contributed by atoms with Gasteiger partial charge in [0.2, 0.25) is 0 Å². The molecule has 0 aliphatic carbocycles. The summed E-state index contributed by atoms with van der Waals surface area (Å²) in [6, 6.07) is 13.3. The smallest absolute Gasteiger partial charge is 0.189 e. The first kappa shape index (κ1) is 13.1. The molecule has 21 heavy (non-hydrogen) atoms. The van der Waals surface area contributed by atoms with Crippen molar-refractivity contribution in [3.63, 3.8) is 0 Å². The molecule has 0 fully saturated rings. The highest BCUT2D eigenvalue weighted by molar-refractivity contribution is 6.07. The lowest BCUT2D eigenvalue weighted by atomic mass is 10.1. The van der Waals surface area contributed by atoms with Crippen molar-refractivity contribution in [3.05, 3.63) is 78.0 Å². The van der Waals surface area contributed by atoms with Crippen molar-refractivity contribution < 1.29 is 9.21 Å². The Bertz CT molecular complexity index is 768. The van der Waals surface area contributed by atoms with E-state index in [-0.39, 0.29) is 5.78 Å².